The topological polar surface area (TPSA) is 180 Å². The molecule has 0 atom stereocenters. The average molecular weight is 735 g/mol. The molecule has 0 saturated carbocycles. The molecule has 0 fully saturated rings. The molecule has 5 heterocycles. The van der Waals surface area contributed by atoms with Crippen molar-refractivity contribution in [1.29, 1.82) is 0 Å². The maximum absolute atomic E-state index is 14.1. The summed E-state index contributed by atoms with van der Waals surface area (Å²) in [6, 6.07) is 11.6. The zero-order valence-electron chi connectivity index (χ0n) is 24.7. The molecule has 0 spiro atoms. The van der Waals surface area contributed by atoms with E-state index in [0.717, 1.165) is 37.4 Å². The molecule has 7 aromatic rings. The van der Waals surface area contributed by atoms with Gasteiger partial charge in [0, 0.05) is 65.1 Å². The average Bonchev–Trinajstić information content (AvgIpc) is 3.89. The number of thiazole rings is 3. The van der Waals surface area contributed by atoms with E-state index in [1.165, 1.54) is 40.5 Å². The number of nitrogens with two attached hydrogens (primary N) is 2. The Labute approximate surface area is 292 Å². The van der Waals surface area contributed by atoms with Crippen molar-refractivity contribution >= 4 is 101 Å². The summed E-state index contributed by atoms with van der Waals surface area (Å²) in [5.41, 5.74) is 13.6. The largest absolute Gasteiger partial charge is 0.398 e. The van der Waals surface area contributed by atoms with Crippen LogP contribution in [0, 0.1) is 5.82 Å². The van der Waals surface area contributed by atoms with Crippen molar-refractivity contribution in [3.05, 3.63) is 101 Å². The fourth-order valence-corrected chi connectivity index (χ4v) is 7.80. The molecule has 6 N–H and O–H groups in total. The molecule has 2 aromatic carbocycles. The number of hydrogen-bond acceptors (Lipinski definition) is 14. The van der Waals surface area contributed by atoms with Crippen LogP contribution in [-0.4, -0.2) is 41.3 Å². The van der Waals surface area contributed by atoms with Crippen molar-refractivity contribution in [2.24, 2.45) is 7.05 Å². The van der Waals surface area contributed by atoms with E-state index in [1.807, 2.05) is 23.6 Å². The summed E-state index contributed by atoms with van der Waals surface area (Å²) in [5, 5.41) is 10.6. The highest BCUT2D eigenvalue weighted by atomic mass is 32.2. The van der Waals surface area contributed by atoms with E-state index in [-0.39, 0.29) is 22.1 Å². The van der Waals surface area contributed by atoms with Crippen molar-refractivity contribution in [1.82, 2.24) is 29.5 Å². The highest BCUT2D eigenvalue weighted by Gasteiger charge is 2.18. The van der Waals surface area contributed by atoms with Gasteiger partial charge in [-0.1, -0.05) is 23.1 Å². The SMILES string of the molecule is Cn1ccnc1Sc1cc(C(=O)Nc2nccs2)c(N)cc1F.Nc1ccc(Sc2nccs2)cc1C(=O)Nc1nc2cccnc2s1. The molecule has 0 saturated heterocycles. The first kappa shape index (κ1) is 33.0. The summed E-state index contributed by atoms with van der Waals surface area (Å²) in [7, 11) is 1.81. The Kier molecular flexibility index (Phi) is 10.3. The van der Waals surface area contributed by atoms with Gasteiger partial charge in [0.2, 0.25) is 0 Å². The molecule has 7 rings (SSSR count). The Bertz CT molecular complexity index is 2170. The lowest BCUT2D eigenvalue weighted by Crippen LogP contribution is -2.14. The van der Waals surface area contributed by atoms with Gasteiger partial charge in [-0.3, -0.25) is 20.2 Å². The second kappa shape index (κ2) is 14.9. The number of hydrogen-bond donors (Lipinski definition) is 4. The number of fused-ring (bicyclic) bond motifs is 1. The first-order valence-electron chi connectivity index (χ1n) is 13.7. The summed E-state index contributed by atoms with van der Waals surface area (Å²) < 4.78 is 16.8. The molecule has 18 heteroatoms. The molecule has 0 bridgehead atoms. The lowest BCUT2D eigenvalue weighted by atomic mass is 10.1. The minimum atomic E-state index is -0.499. The molecule has 2 amide bonds. The second-order valence-corrected chi connectivity index (χ2v) is 14.6. The molecular weight excluding hydrogens is 712 g/mol. The van der Waals surface area contributed by atoms with Gasteiger partial charge in [-0.2, -0.15) is 0 Å². The van der Waals surface area contributed by atoms with Crippen LogP contribution in [0.4, 0.5) is 26.0 Å². The number of carbonyl (C=O) groups is 2. The summed E-state index contributed by atoms with van der Waals surface area (Å²) >= 11 is 6.78. The number of rotatable bonds is 8. The number of carbonyl (C=O) groups excluding carboxylic acids is 2. The van der Waals surface area contributed by atoms with Crippen LogP contribution in [0.1, 0.15) is 20.7 Å². The predicted molar refractivity (Wildman–Crippen MR) is 191 cm³/mol. The van der Waals surface area contributed by atoms with Gasteiger partial charge in [-0.05, 0) is 54.2 Å². The van der Waals surface area contributed by atoms with E-state index in [1.54, 1.807) is 71.4 Å². The number of anilines is 4. The van der Waals surface area contributed by atoms with Crippen LogP contribution in [-0.2, 0) is 7.05 Å². The molecule has 48 heavy (non-hydrogen) atoms. The first-order valence-corrected chi connectivity index (χ1v) is 17.9. The molecule has 0 aliphatic rings. The third-order valence-corrected chi connectivity index (χ3v) is 10.8. The van der Waals surface area contributed by atoms with Gasteiger partial charge >= 0.3 is 0 Å². The fraction of sp³-hybridized carbons (Fsp3) is 0.0333. The number of pyridine rings is 1. The van der Waals surface area contributed by atoms with E-state index in [4.69, 9.17) is 11.5 Å². The molecule has 0 aliphatic heterocycles. The van der Waals surface area contributed by atoms with Gasteiger partial charge in [-0.25, -0.2) is 29.3 Å². The standard InChI is InChI=1S/C16H11N5OS3.C14H12FN5OS2/c17-11-4-3-9(24-16-19-6-7-23-16)8-10(11)13(22)21-15-20-12-2-1-5-18-14(12)25-15;1-20-4-2-18-14(20)23-11-6-8(10(16)7-9(11)15)12(21)19-13-17-3-5-22-13/h1-8H,17H2,(H,20,21,22);2-7H,16H2,1H3,(H,17,19,21). The maximum Gasteiger partial charge on any atom is 0.259 e. The van der Waals surface area contributed by atoms with Crippen LogP contribution < -0.4 is 22.1 Å². The Hall–Kier alpha value is -4.88. The number of benzene rings is 2. The lowest BCUT2D eigenvalue weighted by Gasteiger charge is -2.09. The summed E-state index contributed by atoms with van der Waals surface area (Å²) in [6.45, 7) is 0. The van der Waals surface area contributed by atoms with Gasteiger partial charge in [-0.15, -0.1) is 22.7 Å². The van der Waals surface area contributed by atoms with Crippen molar-refractivity contribution in [3.8, 4) is 0 Å². The van der Waals surface area contributed by atoms with Gasteiger partial charge in [0.15, 0.2) is 19.8 Å². The van der Waals surface area contributed by atoms with Crippen molar-refractivity contribution in [3.63, 3.8) is 0 Å². The minimum Gasteiger partial charge on any atom is -0.398 e. The normalized spacial score (nSPS) is 10.8. The van der Waals surface area contributed by atoms with Gasteiger partial charge in [0.1, 0.15) is 16.2 Å². The third kappa shape index (κ3) is 7.97. The van der Waals surface area contributed by atoms with E-state index in [9.17, 15) is 14.0 Å². The summed E-state index contributed by atoms with van der Waals surface area (Å²) in [5.74, 6) is -1.22. The first-order chi connectivity index (χ1) is 23.2. The number of nitrogen functional groups attached to an aromatic ring is 2. The van der Waals surface area contributed by atoms with Crippen molar-refractivity contribution in [2.75, 3.05) is 22.1 Å². The number of imidazole rings is 1. The number of aromatic nitrogens is 6. The molecule has 12 nitrogen and oxygen atoms in total. The highest BCUT2D eigenvalue weighted by Crippen LogP contribution is 2.33. The zero-order valence-corrected chi connectivity index (χ0v) is 28.7. The van der Waals surface area contributed by atoms with Crippen LogP contribution in [0.5, 0.6) is 0 Å². The number of aryl methyl sites for hydroxylation is 1. The van der Waals surface area contributed by atoms with Gasteiger partial charge < -0.3 is 16.0 Å². The molecule has 0 aliphatic carbocycles. The smallest absolute Gasteiger partial charge is 0.259 e. The second-order valence-electron chi connectivity index (χ2n) is 9.53. The van der Waals surface area contributed by atoms with E-state index in [0.29, 0.717) is 26.7 Å². The lowest BCUT2D eigenvalue weighted by molar-refractivity contribution is 0.101. The van der Waals surface area contributed by atoms with Crippen molar-refractivity contribution in [2.45, 2.75) is 19.3 Å². The Morgan fingerprint density at radius 3 is 2.31 bits per heavy atom. The molecule has 242 valence electrons. The molecular formula is C30H23FN10O2S5. The number of amides is 2. The quantitative estimate of drug-likeness (QED) is 0.117. The van der Waals surface area contributed by atoms with E-state index >= 15 is 0 Å². The highest BCUT2D eigenvalue weighted by molar-refractivity contribution is 8.01. The number of nitrogens with zero attached hydrogens (tertiary/aromatic N) is 6. The summed E-state index contributed by atoms with van der Waals surface area (Å²) in [6.07, 6.45) is 8.40. The monoisotopic (exact) mass is 734 g/mol. The Balaban J connectivity index is 0.000000168. The Morgan fingerprint density at radius 2 is 1.60 bits per heavy atom. The maximum atomic E-state index is 14.1. The van der Waals surface area contributed by atoms with E-state index in [2.05, 4.69) is 35.6 Å². The van der Waals surface area contributed by atoms with Crippen LogP contribution in [0.3, 0.4) is 0 Å². The van der Waals surface area contributed by atoms with Gasteiger partial charge in [0.25, 0.3) is 11.8 Å². The van der Waals surface area contributed by atoms with Crippen LogP contribution in [0.25, 0.3) is 10.3 Å². The zero-order chi connectivity index (χ0) is 33.6. The van der Waals surface area contributed by atoms with Crippen molar-refractivity contribution < 1.29 is 14.0 Å². The van der Waals surface area contributed by atoms with Gasteiger partial charge in [0.05, 0.1) is 16.0 Å². The number of nitrogens with one attached hydrogen (secondary N) is 2. The molecule has 5 aromatic heterocycles. The third-order valence-electron chi connectivity index (χ3n) is 6.25. The summed E-state index contributed by atoms with van der Waals surface area (Å²) in [4.78, 5) is 47.8. The molecule has 0 radical (unpaired) electrons. The Morgan fingerprint density at radius 1 is 0.833 bits per heavy atom. The number of halogens is 1. The fourth-order valence-electron chi connectivity index (χ4n) is 3.99. The van der Waals surface area contributed by atoms with E-state index < -0.39 is 11.7 Å². The van der Waals surface area contributed by atoms with Crippen LogP contribution in [0.15, 0.2) is 103 Å². The predicted octanol–water partition coefficient (Wildman–Crippen LogP) is 7.13. The molecule has 0 unspecified atom stereocenters. The minimum absolute atomic E-state index is 0.0701. The van der Waals surface area contributed by atoms with Crippen LogP contribution in [0.2, 0.25) is 0 Å². The van der Waals surface area contributed by atoms with Crippen LogP contribution >= 0.6 is 57.5 Å².